The van der Waals surface area contributed by atoms with Gasteiger partial charge in [0.05, 0.1) is 6.04 Å². The fourth-order valence-electron chi connectivity index (χ4n) is 2.09. The zero-order valence-electron chi connectivity index (χ0n) is 12.7. The van der Waals surface area contributed by atoms with E-state index in [2.05, 4.69) is 5.32 Å². The summed E-state index contributed by atoms with van der Waals surface area (Å²) in [7, 11) is 0. The molecule has 0 aliphatic rings. The first-order chi connectivity index (χ1) is 11.1. The average Bonchev–Trinajstić information content (AvgIpc) is 2.60. The minimum absolute atomic E-state index is 0.140. The minimum atomic E-state index is -0.596. The smallest absolute Gasteiger partial charge is 0.267 e. The molecule has 0 bridgehead atoms. The number of carbonyl (C=O) groups excluding carboxylic acids is 2. The van der Waals surface area contributed by atoms with Crippen LogP contribution in [0.25, 0.3) is 6.08 Å². The highest BCUT2D eigenvalue weighted by atomic mass is 16.5. The molecule has 1 atom stereocenters. The van der Waals surface area contributed by atoms with Crippen LogP contribution in [-0.4, -0.2) is 17.0 Å². The van der Waals surface area contributed by atoms with Crippen molar-refractivity contribution in [1.82, 2.24) is 10.8 Å². The molecule has 0 aliphatic heterocycles. The van der Waals surface area contributed by atoms with Gasteiger partial charge in [-0.25, -0.2) is 5.48 Å². The molecular weight excluding hydrogens is 292 g/mol. The molecule has 5 heteroatoms. The molecule has 0 radical (unpaired) electrons. The standard InChI is InChI=1S/C18H18N2O3/c1-13(19-18(22)15-7-3-2-4-8-15)16-9-5-6-14(12-16)10-11-17(21)20-23/h2-13,23H,1H3,(H,19,22)(H,20,21)/b11-10+. The van der Waals surface area contributed by atoms with Gasteiger partial charge in [-0.05, 0) is 42.3 Å². The van der Waals surface area contributed by atoms with Gasteiger partial charge < -0.3 is 5.32 Å². The Kier molecular flexibility index (Phi) is 5.66. The van der Waals surface area contributed by atoms with Crippen LogP contribution in [0, 0.1) is 0 Å². The van der Waals surface area contributed by atoms with E-state index in [4.69, 9.17) is 5.21 Å². The summed E-state index contributed by atoms with van der Waals surface area (Å²) >= 11 is 0. The van der Waals surface area contributed by atoms with E-state index in [1.54, 1.807) is 18.2 Å². The molecule has 118 valence electrons. The van der Waals surface area contributed by atoms with E-state index in [1.165, 1.54) is 11.6 Å². The Morgan fingerprint density at radius 3 is 2.52 bits per heavy atom. The third-order valence-corrected chi connectivity index (χ3v) is 3.33. The van der Waals surface area contributed by atoms with Crippen molar-refractivity contribution in [3.8, 4) is 0 Å². The molecule has 3 N–H and O–H groups in total. The van der Waals surface area contributed by atoms with Gasteiger partial charge in [-0.1, -0.05) is 36.4 Å². The lowest BCUT2D eigenvalue weighted by molar-refractivity contribution is -0.124. The second-order valence-electron chi connectivity index (χ2n) is 5.04. The van der Waals surface area contributed by atoms with Gasteiger partial charge in [0, 0.05) is 11.6 Å². The lowest BCUT2D eigenvalue weighted by atomic mass is 10.0. The number of hydroxylamine groups is 1. The quantitative estimate of drug-likeness (QED) is 0.451. The van der Waals surface area contributed by atoms with Gasteiger partial charge in [0.2, 0.25) is 0 Å². The van der Waals surface area contributed by atoms with Crippen LogP contribution in [0.4, 0.5) is 0 Å². The van der Waals surface area contributed by atoms with Crippen molar-refractivity contribution in [2.24, 2.45) is 0 Å². The van der Waals surface area contributed by atoms with Crippen LogP contribution in [-0.2, 0) is 4.79 Å². The predicted molar refractivity (Wildman–Crippen MR) is 87.7 cm³/mol. The molecular formula is C18H18N2O3. The van der Waals surface area contributed by atoms with Crippen molar-refractivity contribution in [2.45, 2.75) is 13.0 Å². The van der Waals surface area contributed by atoms with Crippen molar-refractivity contribution >= 4 is 17.9 Å². The van der Waals surface area contributed by atoms with Crippen molar-refractivity contribution in [2.75, 3.05) is 0 Å². The summed E-state index contributed by atoms with van der Waals surface area (Å²) in [6.07, 6.45) is 2.81. The molecule has 5 nitrogen and oxygen atoms in total. The zero-order valence-corrected chi connectivity index (χ0v) is 12.7. The van der Waals surface area contributed by atoms with Gasteiger partial charge in [-0.3, -0.25) is 14.8 Å². The summed E-state index contributed by atoms with van der Waals surface area (Å²) in [6, 6.07) is 16.3. The predicted octanol–water partition coefficient (Wildman–Crippen LogP) is 2.70. The number of benzene rings is 2. The number of nitrogens with one attached hydrogen (secondary N) is 2. The first-order valence-electron chi connectivity index (χ1n) is 7.18. The molecule has 2 aromatic carbocycles. The van der Waals surface area contributed by atoms with E-state index in [9.17, 15) is 9.59 Å². The van der Waals surface area contributed by atoms with Gasteiger partial charge >= 0.3 is 0 Å². The zero-order chi connectivity index (χ0) is 16.7. The van der Waals surface area contributed by atoms with E-state index >= 15 is 0 Å². The second-order valence-corrected chi connectivity index (χ2v) is 5.04. The van der Waals surface area contributed by atoms with Crippen LogP contribution in [0.15, 0.2) is 60.7 Å². The van der Waals surface area contributed by atoms with Gasteiger partial charge in [0.15, 0.2) is 0 Å². The van der Waals surface area contributed by atoms with Gasteiger partial charge in [-0.15, -0.1) is 0 Å². The molecule has 0 aromatic heterocycles. The first kappa shape index (κ1) is 16.5. The molecule has 2 amide bonds. The van der Waals surface area contributed by atoms with Crippen LogP contribution in [0.5, 0.6) is 0 Å². The van der Waals surface area contributed by atoms with Crippen LogP contribution in [0.1, 0.15) is 34.5 Å². The lowest BCUT2D eigenvalue weighted by Gasteiger charge is -2.15. The molecule has 2 aromatic rings. The molecule has 0 heterocycles. The first-order valence-corrected chi connectivity index (χ1v) is 7.18. The Hall–Kier alpha value is -2.92. The fraction of sp³-hybridized carbons (Fsp3) is 0.111. The highest BCUT2D eigenvalue weighted by Gasteiger charge is 2.11. The van der Waals surface area contributed by atoms with Crippen LogP contribution < -0.4 is 10.8 Å². The molecule has 1 unspecified atom stereocenters. The largest absolute Gasteiger partial charge is 0.346 e. The SMILES string of the molecule is CC(NC(=O)c1ccccc1)c1cccc(/C=C/C(=O)NO)c1. The van der Waals surface area contributed by atoms with Crippen LogP contribution in [0.2, 0.25) is 0 Å². The summed E-state index contributed by atoms with van der Waals surface area (Å²) < 4.78 is 0. The van der Waals surface area contributed by atoms with Crippen molar-refractivity contribution in [1.29, 1.82) is 0 Å². The maximum atomic E-state index is 12.2. The van der Waals surface area contributed by atoms with Gasteiger partial charge in [0.1, 0.15) is 0 Å². The molecule has 0 fully saturated rings. The topological polar surface area (TPSA) is 78.4 Å². The number of carbonyl (C=O) groups is 2. The normalized spacial score (nSPS) is 11.9. The molecule has 23 heavy (non-hydrogen) atoms. The van der Waals surface area contributed by atoms with E-state index in [-0.39, 0.29) is 11.9 Å². The Morgan fingerprint density at radius 2 is 1.83 bits per heavy atom. The molecule has 0 aliphatic carbocycles. The summed E-state index contributed by atoms with van der Waals surface area (Å²) in [5.74, 6) is -0.737. The van der Waals surface area contributed by atoms with Crippen molar-refractivity contribution < 1.29 is 14.8 Å². The maximum absolute atomic E-state index is 12.2. The van der Waals surface area contributed by atoms with Crippen molar-refractivity contribution in [3.05, 3.63) is 77.4 Å². The Bertz CT molecular complexity index is 711. The highest BCUT2D eigenvalue weighted by molar-refractivity contribution is 5.94. The number of amides is 2. The van der Waals surface area contributed by atoms with E-state index in [1.807, 2.05) is 49.4 Å². The van der Waals surface area contributed by atoms with Gasteiger partial charge in [-0.2, -0.15) is 0 Å². The van der Waals surface area contributed by atoms with E-state index in [0.717, 1.165) is 11.1 Å². The number of rotatable bonds is 5. The molecule has 0 saturated heterocycles. The summed E-state index contributed by atoms with van der Waals surface area (Å²) in [5.41, 5.74) is 3.86. The second kappa shape index (κ2) is 7.91. The third-order valence-electron chi connectivity index (χ3n) is 3.33. The summed E-state index contributed by atoms with van der Waals surface area (Å²) in [4.78, 5) is 23.2. The lowest BCUT2D eigenvalue weighted by Crippen LogP contribution is -2.26. The molecule has 0 spiro atoms. The molecule has 2 rings (SSSR count). The Balaban J connectivity index is 2.08. The van der Waals surface area contributed by atoms with Gasteiger partial charge in [0.25, 0.3) is 11.8 Å². The fourth-order valence-corrected chi connectivity index (χ4v) is 2.09. The minimum Gasteiger partial charge on any atom is -0.346 e. The Morgan fingerprint density at radius 1 is 1.09 bits per heavy atom. The number of hydrogen-bond donors (Lipinski definition) is 3. The third kappa shape index (κ3) is 4.79. The monoisotopic (exact) mass is 310 g/mol. The Labute approximate surface area is 134 Å². The average molecular weight is 310 g/mol. The summed E-state index contributed by atoms with van der Waals surface area (Å²) in [6.45, 7) is 1.89. The highest BCUT2D eigenvalue weighted by Crippen LogP contribution is 2.16. The molecule has 0 saturated carbocycles. The summed E-state index contributed by atoms with van der Waals surface area (Å²) in [5, 5.41) is 11.4. The van der Waals surface area contributed by atoms with Crippen LogP contribution in [0.3, 0.4) is 0 Å². The van der Waals surface area contributed by atoms with E-state index in [0.29, 0.717) is 5.56 Å². The van der Waals surface area contributed by atoms with Crippen LogP contribution >= 0.6 is 0 Å². The number of hydrogen-bond acceptors (Lipinski definition) is 3. The van der Waals surface area contributed by atoms with E-state index < -0.39 is 5.91 Å². The maximum Gasteiger partial charge on any atom is 0.267 e. The van der Waals surface area contributed by atoms with Crippen molar-refractivity contribution in [3.63, 3.8) is 0 Å².